The van der Waals surface area contributed by atoms with E-state index in [1.165, 1.54) is 5.01 Å². The van der Waals surface area contributed by atoms with Gasteiger partial charge in [-0.3, -0.25) is 0 Å². The van der Waals surface area contributed by atoms with Crippen LogP contribution in [0.2, 0.25) is 0 Å². The monoisotopic (exact) mass is 194 g/mol. The average Bonchev–Trinajstić information content (AvgIpc) is 2.12. The molecule has 1 aliphatic heterocycles. The van der Waals surface area contributed by atoms with Gasteiger partial charge in [-0.05, 0) is 13.8 Å². The van der Waals surface area contributed by atoms with E-state index in [9.17, 15) is 0 Å². The van der Waals surface area contributed by atoms with Gasteiger partial charge in [0.15, 0.2) is 0 Å². The Morgan fingerprint density at radius 3 is 2.86 bits per heavy atom. The number of aliphatic imine (C=N–C) groups is 1. The summed E-state index contributed by atoms with van der Waals surface area (Å²) in [4.78, 5) is 4.12. The van der Waals surface area contributed by atoms with Gasteiger partial charge >= 0.3 is 0 Å². The first kappa shape index (κ1) is 10.5. The second-order valence-corrected chi connectivity index (χ2v) is 2.82. The fourth-order valence-corrected chi connectivity index (χ4v) is 1.20. The first-order chi connectivity index (χ1) is 6.61. The zero-order valence-electron chi connectivity index (χ0n) is 8.36. The van der Waals surface area contributed by atoms with Crippen molar-refractivity contribution in [2.24, 2.45) is 15.8 Å². The highest BCUT2D eigenvalue weighted by atomic mass is 16.3. The summed E-state index contributed by atoms with van der Waals surface area (Å²) in [7, 11) is 0. The molecule has 0 saturated heterocycles. The van der Waals surface area contributed by atoms with Gasteiger partial charge < -0.3 is 10.8 Å². The van der Waals surface area contributed by atoms with E-state index in [0.717, 1.165) is 0 Å². The number of hydrogen-bond donors (Lipinski definition) is 2. The van der Waals surface area contributed by atoms with Crippen molar-refractivity contribution in [3.8, 4) is 0 Å². The maximum Gasteiger partial charge on any atom is 0.148 e. The van der Waals surface area contributed by atoms with E-state index < -0.39 is 0 Å². The van der Waals surface area contributed by atoms with Crippen LogP contribution in [0.5, 0.6) is 0 Å². The number of hydrazone groups is 1. The lowest BCUT2D eigenvalue weighted by atomic mass is 10.1. The molecule has 0 aromatic heterocycles. The van der Waals surface area contributed by atoms with Crippen molar-refractivity contribution in [3.05, 3.63) is 23.8 Å². The SMILES string of the molecule is C=C1N=C(C)C(CO)=C(N)N1/N=C\C. The number of nitrogens with two attached hydrogens (primary N) is 1. The molecule has 5 nitrogen and oxygen atoms in total. The molecular formula is C9H14N4O. The molecule has 0 spiro atoms. The van der Waals surface area contributed by atoms with Crippen LogP contribution in [-0.4, -0.2) is 28.6 Å². The molecule has 3 N–H and O–H groups in total. The summed E-state index contributed by atoms with van der Waals surface area (Å²) < 4.78 is 0. The molecular weight excluding hydrogens is 180 g/mol. The zero-order valence-corrected chi connectivity index (χ0v) is 8.36. The van der Waals surface area contributed by atoms with E-state index in [1.54, 1.807) is 20.1 Å². The van der Waals surface area contributed by atoms with Gasteiger partial charge in [-0.15, -0.1) is 0 Å². The molecule has 14 heavy (non-hydrogen) atoms. The lowest BCUT2D eigenvalue weighted by Crippen LogP contribution is -2.30. The number of aliphatic hydroxyl groups is 1. The van der Waals surface area contributed by atoms with Gasteiger partial charge in [-0.1, -0.05) is 6.58 Å². The highest BCUT2D eigenvalue weighted by Crippen LogP contribution is 2.20. The minimum atomic E-state index is -0.149. The summed E-state index contributed by atoms with van der Waals surface area (Å²) in [6, 6.07) is 0. The van der Waals surface area contributed by atoms with Crippen LogP contribution < -0.4 is 5.73 Å². The van der Waals surface area contributed by atoms with E-state index in [4.69, 9.17) is 10.8 Å². The predicted molar refractivity (Wildman–Crippen MR) is 56.6 cm³/mol. The second kappa shape index (κ2) is 4.06. The van der Waals surface area contributed by atoms with Gasteiger partial charge in [0.2, 0.25) is 0 Å². The normalized spacial score (nSPS) is 18.1. The fraction of sp³-hybridized carbons (Fsp3) is 0.333. The van der Waals surface area contributed by atoms with Gasteiger partial charge in [-0.2, -0.15) is 5.10 Å². The molecule has 0 aromatic carbocycles. The molecule has 0 fully saturated rings. The Labute approximate surface area is 82.9 Å². The second-order valence-electron chi connectivity index (χ2n) is 2.82. The Hall–Kier alpha value is -1.62. The number of aliphatic hydroxyl groups excluding tert-OH is 1. The standard InChI is InChI=1S/C9H14N4O/c1-4-11-13-7(3)12-6(2)8(5-14)9(13)10/h4,14H,3,5,10H2,1-2H3/b11-4-. The van der Waals surface area contributed by atoms with Crippen molar-refractivity contribution in [2.45, 2.75) is 13.8 Å². The fourth-order valence-electron chi connectivity index (χ4n) is 1.20. The van der Waals surface area contributed by atoms with E-state index in [2.05, 4.69) is 16.7 Å². The Kier molecular flexibility index (Phi) is 3.03. The lowest BCUT2D eigenvalue weighted by Gasteiger charge is -2.25. The van der Waals surface area contributed by atoms with Crippen LogP contribution in [0.4, 0.5) is 0 Å². The van der Waals surface area contributed by atoms with E-state index in [1.807, 2.05) is 0 Å². The first-order valence-corrected chi connectivity index (χ1v) is 4.24. The highest BCUT2D eigenvalue weighted by Gasteiger charge is 2.20. The van der Waals surface area contributed by atoms with Crippen molar-refractivity contribution in [3.63, 3.8) is 0 Å². The quantitative estimate of drug-likeness (QED) is 0.625. The minimum absolute atomic E-state index is 0.149. The molecule has 0 amide bonds. The predicted octanol–water partition coefficient (Wildman–Crippen LogP) is 0.402. The summed E-state index contributed by atoms with van der Waals surface area (Å²) in [5, 5.41) is 14.5. The Morgan fingerprint density at radius 1 is 1.71 bits per heavy atom. The molecule has 0 bridgehead atoms. The summed E-state index contributed by atoms with van der Waals surface area (Å²) >= 11 is 0. The summed E-state index contributed by atoms with van der Waals surface area (Å²) in [6.45, 7) is 7.11. The van der Waals surface area contributed by atoms with Crippen molar-refractivity contribution in [1.82, 2.24) is 5.01 Å². The maximum atomic E-state index is 9.08. The summed E-state index contributed by atoms with van der Waals surface area (Å²) in [5.74, 6) is 0.832. The van der Waals surface area contributed by atoms with Crippen LogP contribution in [0, 0.1) is 0 Å². The molecule has 0 saturated carbocycles. The van der Waals surface area contributed by atoms with Gasteiger partial charge in [0.25, 0.3) is 0 Å². The van der Waals surface area contributed by atoms with Crippen LogP contribution in [-0.2, 0) is 0 Å². The molecule has 0 aliphatic carbocycles. The third kappa shape index (κ3) is 1.67. The molecule has 0 aromatic rings. The summed E-state index contributed by atoms with van der Waals surface area (Å²) in [6.07, 6.45) is 1.59. The van der Waals surface area contributed by atoms with E-state index in [-0.39, 0.29) is 6.61 Å². The molecule has 1 aliphatic rings. The largest absolute Gasteiger partial charge is 0.391 e. The number of nitrogens with zero attached hydrogens (tertiary/aromatic N) is 3. The molecule has 0 atom stereocenters. The zero-order chi connectivity index (χ0) is 10.7. The molecule has 0 radical (unpaired) electrons. The topological polar surface area (TPSA) is 74.2 Å². The van der Waals surface area contributed by atoms with Crippen molar-refractivity contribution in [2.75, 3.05) is 6.61 Å². The Morgan fingerprint density at radius 2 is 2.36 bits per heavy atom. The third-order valence-corrected chi connectivity index (χ3v) is 1.90. The van der Waals surface area contributed by atoms with Crippen LogP contribution in [0.3, 0.4) is 0 Å². The highest BCUT2D eigenvalue weighted by molar-refractivity contribution is 6.00. The lowest BCUT2D eigenvalue weighted by molar-refractivity contribution is 0.326. The smallest absolute Gasteiger partial charge is 0.148 e. The van der Waals surface area contributed by atoms with E-state index >= 15 is 0 Å². The third-order valence-electron chi connectivity index (χ3n) is 1.90. The molecule has 76 valence electrons. The first-order valence-electron chi connectivity index (χ1n) is 4.24. The molecule has 5 heteroatoms. The average molecular weight is 194 g/mol. The molecule has 1 rings (SSSR count). The number of hydrogen-bond acceptors (Lipinski definition) is 5. The van der Waals surface area contributed by atoms with Gasteiger partial charge in [-0.25, -0.2) is 10.0 Å². The van der Waals surface area contributed by atoms with Crippen LogP contribution in [0.15, 0.2) is 33.9 Å². The molecule has 1 heterocycles. The van der Waals surface area contributed by atoms with Crippen LogP contribution in [0.25, 0.3) is 0 Å². The minimum Gasteiger partial charge on any atom is -0.391 e. The van der Waals surface area contributed by atoms with Crippen LogP contribution >= 0.6 is 0 Å². The van der Waals surface area contributed by atoms with Crippen molar-refractivity contribution in [1.29, 1.82) is 0 Å². The van der Waals surface area contributed by atoms with Crippen molar-refractivity contribution < 1.29 is 5.11 Å². The Bertz CT molecular complexity index is 341. The van der Waals surface area contributed by atoms with Gasteiger partial charge in [0, 0.05) is 17.5 Å². The van der Waals surface area contributed by atoms with Gasteiger partial charge in [0.05, 0.1) is 6.61 Å². The summed E-state index contributed by atoms with van der Waals surface area (Å²) in [5.41, 5.74) is 7.06. The Balaban J connectivity index is 3.14. The van der Waals surface area contributed by atoms with Crippen molar-refractivity contribution >= 4 is 11.9 Å². The molecule has 0 unspecified atom stereocenters. The van der Waals surface area contributed by atoms with E-state index in [0.29, 0.717) is 22.9 Å². The van der Waals surface area contributed by atoms with Gasteiger partial charge in [0.1, 0.15) is 11.6 Å². The maximum absolute atomic E-state index is 9.08. The number of rotatable bonds is 2. The van der Waals surface area contributed by atoms with Crippen LogP contribution in [0.1, 0.15) is 13.8 Å².